The van der Waals surface area contributed by atoms with E-state index in [9.17, 15) is 14.0 Å². The average molecular weight is 534 g/mol. The lowest BCUT2D eigenvalue weighted by Gasteiger charge is -2.13. The Hall–Kier alpha value is -3.92. The van der Waals surface area contributed by atoms with E-state index < -0.39 is 11.7 Å². The van der Waals surface area contributed by atoms with Crippen molar-refractivity contribution in [3.63, 3.8) is 0 Å². The molecule has 3 aromatic carbocycles. The molecule has 0 saturated heterocycles. The van der Waals surface area contributed by atoms with E-state index in [1.165, 1.54) is 42.0 Å². The summed E-state index contributed by atoms with van der Waals surface area (Å²) in [5.41, 5.74) is 0.815. The molecule has 3 aromatic heterocycles. The first kappa shape index (κ1) is 22.5. The molecule has 0 N–H and O–H groups in total. The molecule has 0 saturated carbocycles. The smallest absolute Gasteiger partial charge is 0.292 e. The average Bonchev–Trinajstić information content (AvgIpc) is 3.46. The van der Waals surface area contributed by atoms with Gasteiger partial charge in [0.25, 0.3) is 5.91 Å². The Bertz CT molecular complexity index is 1890. The molecule has 6 aromatic rings. The number of aromatic nitrogens is 1. The van der Waals surface area contributed by atoms with Crippen molar-refractivity contribution in [1.29, 1.82) is 0 Å². The Kier molecular flexibility index (Phi) is 5.60. The third-order valence-electron chi connectivity index (χ3n) is 5.46. The fourth-order valence-corrected chi connectivity index (χ4v) is 6.10. The van der Waals surface area contributed by atoms with Crippen LogP contribution in [-0.2, 0) is 0 Å². The number of para-hydroxylation sites is 1. The largest absolute Gasteiger partial charge is 0.463 e. The SMILES string of the molecule is O=C(c1sc2ccccc2c1Cl)N(/N=C/c1coc2ccccc2c1=O)c1nc2ccc(F)cc2s1. The molecule has 0 unspecified atom stereocenters. The summed E-state index contributed by atoms with van der Waals surface area (Å²) >= 11 is 8.90. The van der Waals surface area contributed by atoms with E-state index in [1.807, 2.05) is 24.3 Å². The Morgan fingerprint density at radius 1 is 1.03 bits per heavy atom. The summed E-state index contributed by atoms with van der Waals surface area (Å²) in [4.78, 5) is 31.4. The lowest BCUT2D eigenvalue weighted by atomic mass is 10.2. The quantitative estimate of drug-likeness (QED) is 0.179. The van der Waals surface area contributed by atoms with Crippen LogP contribution < -0.4 is 10.4 Å². The Morgan fingerprint density at radius 2 is 1.81 bits per heavy atom. The molecule has 3 heterocycles. The van der Waals surface area contributed by atoms with Gasteiger partial charge in [0.15, 0.2) is 0 Å². The zero-order chi connectivity index (χ0) is 24.8. The van der Waals surface area contributed by atoms with E-state index in [-0.39, 0.29) is 21.0 Å². The van der Waals surface area contributed by atoms with Gasteiger partial charge >= 0.3 is 0 Å². The molecule has 0 aliphatic rings. The highest BCUT2D eigenvalue weighted by Crippen LogP contribution is 2.38. The second kappa shape index (κ2) is 8.94. The highest BCUT2D eigenvalue weighted by molar-refractivity contribution is 7.23. The lowest BCUT2D eigenvalue weighted by Crippen LogP contribution is -2.25. The number of thiazole rings is 1. The van der Waals surface area contributed by atoms with Crippen molar-refractivity contribution < 1.29 is 13.6 Å². The molecule has 6 nitrogen and oxygen atoms in total. The molecule has 6 rings (SSSR count). The van der Waals surface area contributed by atoms with E-state index in [0.717, 1.165) is 26.4 Å². The van der Waals surface area contributed by atoms with E-state index in [0.29, 0.717) is 26.2 Å². The van der Waals surface area contributed by atoms with Crippen molar-refractivity contribution in [2.75, 3.05) is 5.01 Å². The fourth-order valence-electron chi connectivity index (χ4n) is 3.72. The Labute approximate surface area is 215 Å². The van der Waals surface area contributed by atoms with Crippen LogP contribution in [-0.4, -0.2) is 17.1 Å². The fraction of sp³-hybridized carbons (Fsp3) is 0. The topological polar surface area (TPSA) is 75.8 Å². The van der Waals surface area contributed by atoms with E-state index in [4.69, 9.17) is 16.0 Å². The van der Waals surface area contributed by atoms with Crippen LogP contribution in [0.2, 0.25) is 5.02 Å². The van der Waals surface area contributed by atoms with Gasteiger partial charge in [-0.1, -0.05) is 53.3 Å². The van der Waals surface area contributed by atoms with Gasteiger partial charge in [-0.05, 0) is 36.4 Å². The zero-order valence-electron chi connectivity index (χ0n) is 18.1. The van der Waals surface area contributed by atoms with Crippen LogP contribution in [0.15, 0.2) is 87.3 Å². The maximum absolute atomic E-state index is 13.8. The highest BCUT2D eigenvalue weighted by Gasteiger charge is 2.26. The molecule has 0 fully saturated rings. The van der Waals surface area contributed by atoms with Crippen molar-refractivity contribution in [3.8, 4) is 0 Å². The minimum absolute atomic E-state index is 0.154. The van der Waals surface area contributed by atoms with Crippen LogP contribution in [0.5, 0.6) is 0 Å². The van der Waals surface area contributed by atoms with Crippen LogP contribution in [0.1, 0.15) is 15.2 Å². The highest BCUT2D eigenvalue weighted by atomic mass is 35.5. The van der Waals surface area contributed by atoms with Crippen LogP contribution in [0.25, 0.3) is 31.3 Å². The van der Waals surface area contributed by atoms with Crippen molar-refractivity contribution in [2.45, 2.75) is 0 Å². The number of thiophene rings is 1. The molecule has 0 aliphatic heterocycles. The van der Waals surface area contributed by atoms with Gasteiger partial charge in [-0.15, -0.1) is 11.3 Å². The van der Waals surface area contributed by atoms with Crippen LogP contribution in [0, 0.1) is 5.82 Å². The number of hydrogen-bond acceptors (Lipinski definition) is 7. The number of halogens is 2. The molecular formula is C26H13ClFN3O3S2. The molecule has 36 heavy (non-hydrogen) atoms. The molecule has 10 heteroatoms. The van der Waals surface area contributed by atoms with Gasteiger partial charge in [0.05, 0.1) is 32.4 Å². The van der Waals surface area contributed by atoms with Crippen LogP contribution >= 0.6 is 34.3 Å². The predicted octanol–water partition coefficient (Wildman–Crippen LogP) is 7.09. The molecule has 176 valence electrons. The summed E-state index contributed by atoms with van der Waals surface area (Å²) in [7, 11) is 0. The van der Waals surface area contributed by atoms with Gasteiger partial charge in [-0.25, -0.2) is 9.37 Å². The summed E-state index contributed by atoms with van der Waals surface area (Å²) in [6.07, 6.45) is 2.54. The van der Waals surface area contributed by atoms with E-state index in [2.05, 4.69) is 10.1 Å². The number of anilines is 1. The Morgan fingerprint density at radius 3 is 2.64 bits per heavy atom. The van der Waals surface area contributed by atoms with Gasteiger partial charge in [-0.2, -0.15) is 10.1 Å². The molecule has 0 aliphatic carbocycles. The number of rotatable bonds is 4. The summed E-state index contributed by atoms with van der Waals surface area (Å²) < 4.78 is 20.7. The number of amides is 1. The molecule has 0 radical (unpaired) electrons. The number of nitrogens with zero attached hydrogens (tertiary/aromatic N) is 3. The summed E-state index contributed by atoms with van der Waals surface area (Å²) in [6.45, 7) is 0. The first-order valence-electron chi connectivity index (χ1n) is 10.6. The molecule has 1 amide bonds. The van der Waals surface area contributed by atoms with Crippen molar-refractivity contribution in [2.24, 2.45) is 5.10 Å². The molecule has 0 atom stereocenters. The standard InChI is InChI=1S/C26H13ClFN3O3S2/c27-22-17-6-2-4-8-20(17)35-24(22)25(33)31(26-30-18-10-9-15(28)11-21(18)36-26)29-12-14-13-34-19-7-3-1-5-16(19)23(14)32/h1-13H/b29-12+. The first-order chi connectivity index (χ1) is 17.5. The maximum atomic E-state index is 13.8. The summed E-state index contributed by atoms with van der Waals surface area (Å²) in [6, 6.07) is 18.4. The van der Waals surface area contributed by atoms with Crippen LogP contribution in [0.3, 0.4) is 0 Å². The third-order valence-corrected chi connectivity index (χ3v) is 8.12. The normalized spacial score (nSPS) is 11.7. The molecular weight excluding hydrogens is 521 g/mol. The van der Waals surface area contributed by atoms with Crippen molar-refractivity contribution in [3.05, 3.63) is 104 Å². The monoisotopic (exact) mass is 533 g/mol. The van der Waals surface area contributed by atoms with Crippen molar-refractivity contribution in [1.82, 2.24) is 4.98 Å². The van der Waals surface area contributed by atoms with Gasteiger partial charge in [-0.3, -0.25) is 9.59 Å². The minimum Gasteiger partial charge on any atom is -0.463 e. The minimum atomic E-state index is -0.526. The van der Waals surface area contributed by atoms with E-state index >= 15 is 0 Å². The van der Waals surface area contributed by atoms with Gasteiger partial charge < -0.3 is 4.42 Å². The molecule has 0 bridgehead atoms. The number of carbonyl (C=O) groups is 1. The number of hydrogen-bond donors (Lipinski definition) is 0. The van der Waals surface area contributed by atoms with Crippen LogP contribution in [0.4, 0.5) is 9.52 Å². The number of carbonyl (C=O) groups excluding carboxylic acids is 1. The predicted molar refractivity (Wildman–Crippen MR) is 143 cm³/mol. The van der Waals surface area contributed by atoms with Crippen molar-refractivity contribution >= 4 is 82.8 Å². The zero-order valence-corrected chi connectivity index (χ0v) is 20.5. The van der Waals surface area contributed by atoms with Gasteiger partial charge in [0.2, 0.25) is 10.6 Å². The summed E-state index contributed by atoms with van der Waals surface area (Å²) in [5, 5.41) is 7.06. The molecule has 0 spiro atoms. The van der Waals surface area contributed by atoms with E-state index in [1.54, 1.807) is 24.3 Å². The maximum Gasteiger partial charge on any atom is 0.292 e. The third kappa shape index (κ3) is 3.87. The second-order valence-electron chi connectivity index (χ2n) is 7.73. The number of benzene rings is 3. The second-order valence-corrected chi connectivity index (χ2v) is 10.2. The first-order valence-corrected chi connectivity index (χ1v) is 12.6. The Balaban J connectivity index is 1.48. The lowest BCUT2D eigenvalue weighted by molar-refractivity contribution is 0.0992. The van der Waals surface area contributed by atoms with Gasteiger partial charge in [0.1, 0.15) is 22.5 Å². The number of fused-ring (bicyclic) bond motifs is 3. The summed E-state index contributed by atoms with van der Waals surface area (Å²) in [5.74, 6) is -0.942. The number of hydrazone groups is 1. The van der Waals surface area contributed by atoms with Gasteiger partial charge in [0, 0.05) is 10.1 Å².